The van der Waals surface area contributed by atoms with Crippen molar-refractivity contribution in [2.75, 3.05) is 6.61 Å². The van der Waals surface area contributed by atoms with Gasteiger partial charge in [-0.25, -0.2) is 4.39 Å². The molecule has 0 fully saturated rings. The van der Waals surface area contributed by atoms with E-state index in [1.165, 1.54) is 12.1 Å². The van der Waals surface area contributed by atoms with Gasteiger partial charge in [0.05, 0.1) is 0 Å². The lowest BCUT2D eigenvalue weighted by atomic mass is 10.1. The van der Waals surface area contributed by atoms with Crippen LogP contribution in [0.3, 0.4) is 0 Å². The predicted molar refractivity (Wildman–Crippen MR) is 65.0 cm³/mol. The molecule has 0 amide bonds. The number of aromatic amines is 1. The minimum absolute atomic E-state index is 0.169. The highest BCUT2D eigenvalue weighted by Crippen LogP contribution is 2.20. The Morgan fingerprint density at radius 3 is 2.75 bits per heavy atom. The summed E-state index contributed by atoms with van der Waals surface area (Å²) in [6.45, 7) is 4.17. The molecule has 88 valence electrons. The second-order valence-electron chi connectivity index (χ2n) is 3.33. The number of aryl methyl sites for hydroxylation is 1. The number of aliphatic hydroxyl groups excluding tert-OH is 1. The Morgan fingerprint density at radius 1 is 1.31 bits per heavy atom. The average Bonchev–Trinajstić information content (AvgIpc) is 2.71. The van der Waals surface area contributed by atoms with Crippen LogP contribution in [0.25, 0.3) is 10.9 Å². The first-order chi connectivity index (χ1) is 7.81. The number of halogens is 1. The van der Waals surface area contributed by atoms with Gasteiger partial charge in [-0.15, -0.1) is 0 Å². The van der Waals surface area contributed by atoms with Crippen molar-refractivity contribution in [1.82, 2.24) is 4.98 Å². The van der Waals surface area contributed by atoms with E-state index in [0.717, 1.165) is 22.9 Å². The van der Waals surface area contributed by atoms with E-state index in [0.29, 0.717) is 6.42 Å². The molecule has 0 saturated heterocycles. The SMILES string of the molecule is CC.OCCCc1c[nH]c2ccc(F)cc12. The molecule has 3 heteroatoms. The van der Waals surface area contributed by atoms with Gasteiger partial charge in [-0.05, 0) is 36.6 Å². The van der Waals surface area contributed by atoms with Crippen LogP contribution in [-0.4, -0.2) is 16.7 Å². The zero-order valence-electron chi connectivity index (χ0n) is 9.76. The van der Waals surface area contributed by atoms with Gasteiger partial charge in [-0.2, -0.15) is 0 Å². The van der Waals surface area contributed by atoms with Crippen LogP contribution in [0.5, 0.6) is 0 Å². The summed E-state index contributed by atoms with van der Waals surface area (Å²) < 4.78 is 13.0. The van der Waals surface area contributed by atoms with Crippen LogP contribution < -0.4 is 0 Å². The van der Waals surface area contributed by atoms with Gasteiger partial charge in [-0.1, -0.05) is 13.8 Å². The highest BCUT2D eigenvalue weighted by molar-refractivity contribution is 5.83. The Balaban J connectivity index is 0.000000606. The van der Waals surface area contributed by atoms with Gasteiger partial charge in [0.1, 0.15) is 5.82 Å². The van der Waals surface area contributed by atoms with E-state index in [1.807, 2.05) is 20.0 Å². The Labute approximate surface area is 95.1 Å². The molecule has 1 aromatic heterocycles. The second kappa shape index (κ2) is 6.28. The van der Waals surface area contributed by atoms with Crippen LogP contribution in [-0.2, 0) is 6.42 Å². The summed E-state index contributed by atoms with van der Waals surface area (Å²) in [6.07, 6.45) is 3.36. The van der Waals surface area contributed by atoms with Gasteiger partial charge in [0.15, 0.2) is 0 Å². The Morgan fingerprint density at radius 2 is 2.06 bits per heavy atom. The summed E-state index contributed by atoms with van der Waals surface area (Å²) in [7, 11) is 0. The normalized spacial score (nSPS) is 10.0. The second-order valence-corrected chi connectivity index (χ2v) is 3.33. The summed E-state index contributed by atoms with van der Waals surface area (Å²) in [5.41, 5.74) is 2.01. The number of aliphatic hydroxyl groups is 1. The fourth-order valence-corrected chi connectivity index (χ4v) is 1.63. The molecule has 1 aromatic carbocycles. The number of hydrogen-bond donors (Lipinski definition) is 2. The maximum absolute atomic E-state index is 13.0. The van der Waals surface area contributed by atoms with Crippen molar-refractivity contribution in [3.63, 3.8) is 0 Å². The van der Waals surface area contributed by atoms with Crippen molar-refractivity contribution in [3.05, 3.63) is 35.8 Å². The van der Waals surface area contributed by atoms with Crippen LogP contribution in [0.1, 0.15) is 25.8 Å². The molecule has 0 aliphatic rings. The summed E-state index contributed by atoms with van der Waals surface area (Å²) >= 11 is 0. The fraction of sp³-hybridized carbons (Fsp3) is 0.385. The summed E-state index contributed by atoms with van der Waals surface area (Å²) in [5, 5.41) is 9.62. The molecule has 0 aliphatic carbocycles. The Kier molecular flexibility index (Phi) is 4.99. The number of rotatable bonds is 3. The summed E-state index contributed by atoms with van der Waals surface area (Å²) in [4.78, 5) is 3.08. The van der Waals surface area contributed by atoms with E-state index < -0.39 is 0 Å². The van der Waals surface area contributed by atoms with E-state index in [4.69, 9.17) is 5.11 Å². The van der Waals surface area contributed by atoms with Crippen molar-refractivity contribution in [2.24, 2.45) is 0 Å². The van der Waals surface area contributed by atoms with E-state index in [-0.39, 0.29) is 12.4 Å². The maximum Gasteiger partial charge on any atom is 0.123 e. The minimum Gasteiger partial charge on any atom is -0.396 e. The first kappa shape index (κ1) is 12.7. The Hall–Kier alpha value is -1.35. The molecule has 0 atom stereocenters. The molecule has 0 unspecified atom stereocenters. The number of hydrogen-bond acceptors (Lipinski definition) is 1. The third kappa shape index (κ3) is 2.83. The van der Waals surface area contributed by atoms with Gasteiger partial charge >= 0.3 is 0 Å². The van der Waals surface area contributed by atoms with E-state index in [1.54, 1.807) is 6.07 Å². The zero-order valence-corrected chi connectivity index (χ0v) is 9.76. The molecule has 0 bridgehead atoms. The van der Waals surface area contributed by atoms with Crippen LogP contribution in [0.2, 0.25) is 0 Å². The molecule has 2 N–H and O–H groups in total. The molecule has 2 rings (SSSR count). The molecule has 2 aromatic rings. The topological polar surface area (TPSA) is 36.0 Å². The van der Waals surface area contributed by atoms with Gasteiger partial charge in [0.25, 0.3) is 0 Å². The molecule has 0 radical (unpaired) electrons. The zero-order chi connectivity index (χ0) is 12.0. The predicted octanol–water partition coefficient (Wildman–Crippen LogP) is 3.26. The van der Waals surface area contributed by atoms with Crippen LogP contribution in [0, 0.1) is 5.82 Å². The average molecular weight is 223 g/mol. The lowest BCUT2D eigenvalue weighted by Crippen LogP contribution is -1.87. The summed E-state index contributed by atoms with van der Waals surface area (Å²) in [5.74, 6) is -0.220. The minimum atomic E-state index is -0.220. The largest absolute Gasteiger partial charge is 0.396 e. The molecule has 0 saturated carbocycles. The number of aromatic nitrogens is 1. The molecular weight excluding hydrogens is 205 g/mol. The van der Waals surface area contributed by atoms with Gasteiger partial charge in [0, 0.05) is 23.7 Å². The number of nitrogens with one attached hydrogen (secondary N) is 1. The summed E-state index contributed by atoms with van der Waals surface area (Å²) in [6, 6.07) is 4.69. The van der Waals surface area contributed by atoms with E-state index >= 15 is 0 Å². The van der Waals surface area contributed by atoms with Crippen molar-refractivity contribution < 1.29 is 9.50 Å². The van der Waals surface area contributed by atoms with Crippen LogP contribution in [0.15, 0.2) is 24.4 Å². The van der Waals surface area contributed by atoms with Crippen molar-refractivity contribution in [3.8, 4) is 0 Å². The third-order valence-electron chi connectivity index (χ3n) is 2.33. The molecular formula is C13H18FNO. The highest BCUT2D eigenvalue weighted by Gasteiger charge is 2.03. The van der Waals surface area contributed by atoms with E-state index in [2.05, 4.69) is 4.98 Å². The van der Waals surface area contributed by atoms with Crippen molar-refractivity contribution in [2.45, 2.75) is 26.7 Å². The maximum atomic E-state index is 13.0. The van der Waals surface area contributed by atoms with Gasteiger partial charge < -0.3 is 10.1 Å². The molecule has 1 heterocycles. The van der Waals surface area contributed by atoms with E-state index in [9.17, 15) is 4.39 Å². The Bertz CT molecular complexity index is 436. The first-order valence-corrected chi connectivity index (χ1v) is 5.67. The number of benzene rings is 1. The van der Waals surface area contributed by atoms with Crippen LogP contribution in [0.4, 0.5) is 4.39 Å². The third-order valence-corrected chi connectivity index (χ3v) is 2.33. The molecule has 0 aliphatic heterocycles. The first-order valence-electron chi connectivity index (χ1n) is 5.67. The quantitative estimate of drug-likeness (QED) is 0.823. The lowest BCUT2D eigenvalue weighted by Gasteiger charge is -1.96. The monoisotopic (exact) mass is 223 g/mol. The fourth-order valence-electron chi connectivity index (χ4n) is 1.63. The molecule has 2 nitrogen and oxygen atoms in total. The standard InChI is InChI=1S/C11H12FNO.C2H6/c12-9-3-4-11-10(6-9)8(7-13-11)2-1-5-14;1-2/h3-4,6-7,13-14H,1-2,5H2;1-2H3. The number of H-pyrrole nitrogens is 1. The van der Waals surface area contributed by atoms with Gasteiger partial charge in [0.2, 0.25) is 0 Å². The number of fused-ring (bicyclic) bond motifs is 1. The van der Waals surface area contributed by atoms with Crippen molar-refractivity contribution >= 4 is 10.9 Å². The highest BCUT2D eigenvalue weighted by atomic mass is 19.1. The smallest absolute Gasteiger partial charge is 0.123 e. The molecule has 16 heavy (non-hydrogen) atoms. The van der Waals surface area contributed by atoms with Gasteiger partial charge in [-0.3, -0.25) is 0 Å². The molecule has 0 spiro atoms. The van der Waals surface area contributed by atoms with Crippen LogP contribution >= 0.6 is 0 Å². The lowest BCUT2D eigenvalue weighted by molar-refractivity contribution is 0.289. The van der Waals surface area contributed by atoms with Crippen molar-refractivity contribution in [1.29, 1.82) is 0 Å².